The van der Waals surface area contributed by atoms with E-state index in [2.05, 4.69) is 25.7 Å². The number of aryl methyl sites for hydroxylation is 1. The van der Waals surface area contributed by atoms with Gasteiger partial charge in [-0.25, -0.2) is 9.67 Å². The van der Waals surface area contributed by atoms with Crippen molar-refractivity contribution in [1.29, 1.82) is 0 Å². The number of hydrogen-bond acceptors (Lipinski definition) is 6. The molecule has 2 aliphatic heterocycles. The average Bonchev–Trinajstić information content (AvgIpc) is 3.01. The molecule has 1 saturated heterocycles. The van der Waals surface area contributed by atoms with Crippen molar-refractivity contribution in [1.82, 2.24) is 25.4 Å². The van der Waals surface area contributed by atoms with Crippen molar-refractivity contribution in [2.24, 2.45) is 4.99 Å². The number of fused-ring (bicyclic) bond motifs is 1. The van der Waals surface area contributed by atoms with Gasteiger partial charge in [0.1, 0.15) is 12.4 Å². The molecule has 9 nitrogen and oxygen atoms in total. The molecule has 0 spiro atoms. The first kappa shape index (κ1) is 20.3. The lowest BCUT2D eigenvalue weighted by atomic mass is 10.1. The maximum absolute atomic E-state index is 5.63. The number of rotatable bonds is 5. The molecule has 25 heavy (non-hydrogen) atoms. The van der Waals surface area contributed by atoms with Crippen molar-refractivity contribution in [2.75, 3.05) is 40.5 Å². The third-order valence-electron chi connectivity index (χ3n) is 4.12. The van der Waals surface area contributed by atoms with E-state index in [1.165, 1.54) is 0 Å². The van der Waals surface area contributed by atoms with Crippen molar-refractivity contribution in [3.05, 3.63) is 11.6 Å². The lowest BCUT2D eigenvalue weighted by Crippen LogP contribution is -2.49. The molecule has 3 heterocycles. The highest BCUT2D eigenvalue weighted by atomic mass is 127. The predicted molar refractivity (Wildman–Crippen MR) is 103 cm³/mol. The van der Waals surface area contributed by atoms with Crippen molar-refractivity contribution in [3.63, 3.8) is 0 Å². The highest BCUT2D eigenvalue weighted by Gasteiger charge is 2.23. The molecule has 0 aliphatic carbocycles. The molecule has 0 saturated carbocycles. The fourth-order valence-corrected chi connectivity index (χ4v) is 2.92. The maximum Gasteiger partial charge on any atom is 0.191 e. The third-order valence-corrected chi connectivity index (χ3v) is 4.12. The number of aliphatic imine (C=N–C) groups is 1. The van der Waals surface area contributed by atoms with Crippen LogP contribution in [-0.2, 0) is 33.8 Å². The Labute approximate surface area is 164 Å². The zero-order chi connectivity index (χ0) is 16.8. The number of methoxy groups -OCH3 is 1. The zero-order valence-corrected chi connectivity index (χ0v) is 17.1. The Morgan fingerprint density at radius 1 is 1.44 bits per heavy atom. The van der Waals surface area contributed by atoms with E-state index in [9.17, 15) is 0 Å². The van der Waals surface area contributed by atoms with Crippen LogP contribution in [0, 0.1) is 0 Å². The smallest absolute Gasteiger partial charge is 0.191 e. The van der Waals surface area contributed by atoms with Gasteiger partial charge in [0.25, 0.3) is 0 Å². The highest BCUT2D eigenvalue weighted by molar-refractivity contribution is 14.0. The van der Waals surface area contributed by atoms with Crippen LogP contribution < -0.4 is 10.6 Å². The summed E-state index contributed by atoms with van der Waals surface area (Å²) in [6.45, 7) is 3.86. The Morgan fingerprint density at radius 2 is 2.32 bits per heavy atom. The molecular weight excluding hydrogens is 439 g/mol. The van der Waals surface area contributed by atoms with E-state index in [1.807, 2.05) is 4.68 Å². The van der Waals surface area contributed by atoms with Crippen molar-refractivity contribution >= 4 is 29.9 Å². The molecule has 0 radical (unpaired) electrons. The van der Waals surface area contributed by atoms with E-state index in [1.54, 1.807) is 14.2 Å². The molecule has 1 aromatic rings. The number of guanidine groups is 1. The van der Waals surface area contributed by atoms with Gasteiger partial charge in [-0.1, -0.05) is 0 Å². The summed E-state index contributed by atoms with van der Waals surface area (Å²) >= 11 is 0. The fraction of sp³-hybridized carbons (Fsp3) is 0.800. The lowest BCUT2D eigenvalue weighted by Gasteiger charge is -2.27. The molecule has 0 aromatic carbocycles. The quantitative estimate of drug-likeness (QED) is 0.357. The van der Waals surface area contributed by atoms with Crippen LogP contribution in [-0.4, -0.2) is 73.4 Å². The van der Waals surface area contributed by atoms with E-state index in [0.29, 0.717) is 33.0 Å². The predicted octanol–water partition coefficient (Wildman–Crippen LogP) is -0.0623. The van der Waals surface area contributed by atoms with Gasteiger partial charge in [0, 0.05) is 33.2 Å². The molecule has 10 heteroatoms. The summed E-state index contributed by atoms with van der Waals surface area (Å²) < 4.78 is 18.1. The second-order valence-electron chi connectivity index (χ2n) is 5.96. The number of nitrogens with one attached hydrogen (secondary N) is 2. The molecule has 2 unspecified atom stereocenters. The summed E-state index contributed by atoms with van der Waals surface area (Å²) in [5, 5.41) is 11.2. The Bertz CT molecular complexity index is 561. The second-order valence-corrected chi connectivity index (χ2v) is 5.96. The van der Waals surface area contributed by atoms with Crippen molar-refractivity contribution in [3.8, 4) is 0 Å². The number of aromatic nitrogens is 3. The summed E-state index contributed by atoms with van der Waals surface area (Å²) in [5.41, 5.74) is 0. The van der Waals surface area contributed by atoms with Crippen LogP contribution in [0.5, 0.6) is 0 Å². The van der Waals surface area contributed by atoms with Crippen LogP contribution in [0.2, 0.25) is 0 Å². The second kappa shape index (κ2) is 10.2. The third kappa shape index (κ3) is 5.76. The molecular formula is C15H27IN6O3. The van der Waals surface area contributed by atoms with E-state index in [4.69, 9.17) is 14.2 Å². The van der Waals surface area contributed by atoms with Crippen LogP contribution in [0.15, 0.2) is 4.99 Å². The van der Waals surface area contributed by atoms with Gasteiger partial charge in [0.2, 0.25) is 0 Å². The minimum Gasteiger partial charge on any atom is -0.377 e. The molecule has 2 N–H and O–H groups in total. The topological polar surface area (TPSA) is 94.8 Å². The molecule has 3 rings (SSSR count). The summed E-state index contributed by atoms with van der Waals surface area (Å²) in [4.78, 5) is 8.78. The van der Waals surface area contributed by atoms with E-state index in [0.717, 1.165) is 37.0 Å². The largest absolute Gasteiger partial charge is 0.377 e. The number of nitrogens with zero attached hydrogens (tertiary/aromatic N) is 4. The first-order chi connectivity index (χ1) is 11.8. The van der Waals surface area contributed by atoms with E-state index in [-0.39, 0.29) is 36.1 Å². The lowest BCUT2D eigenvalue weighted by molar-refractivity contribution is -0.0850. The Hall–Kier alpha value is -0.980. The van der Waals surface area contributed by atoms with E-state index < -0.39 is 0 Å². The molecule has 0 bridgehead atoms. The van der Waals surface area contributed by atoms with Crippen LogP contribution in [0.25, 0.3) is 0 Å². The minimum absolute atomic E-state index is 0. The molecule has 1 aromatic heterocycles. The van der Waals surface area contributed by atoms with Crippen molar-refractivity contribution in [2.45, 2.75) is 38.1 Å². The van der Waals surface area contributed by atoms with Gasteiger partial charge >= 0.3 is 0 Å². The normalized spacial score (nSPS) is 23.5. The van der Waals surface area contributed by atoms with Gasteiger partial charge in [-0.15, -0.1) is 24.0 Å². The Morgan fingerprint density at radius 3 is 3.04 bits per heavy atom. The standard InChI is InChI=1S/C15H26N6O3.HI/c1-16-15(17-7-12-9-23-5-6-24-12)18-11-3-4-14-19-13(10-22-2)20-21(14)8-11;/h11-12H,3-10H2,1-2H3,(H2,16,17,18);1H. The minimum atomic E-state index is 0. The van der Waals surface area contributed by atoms with Gasteiger partial charge in [-0.3, -0.25) is 4.99 Å². The number of halogens is 1. The SMILES string of the molecule is CN=C(NCC1COCCO1)NC1CCc2nc(COC)nn2C1.I. The van der Waals surface area contributed by atoms with Gasteiger partial charge in [0.15, 0.2) is 11.8 Å². The van der Waals surface area contributed by atoms with Crippen LogP contribution in [0.1, 0.15) is 18.1 Å². The molecule has 1 fully saturated rings. The molecule has 0 amide bonds. The molecule has 142 valence electrons. The number of ether oxygens (including phenoxy) is 3. The average molecular weight is 466 g/mol. The summed E-state index contributed by atoms with van der Waals surface area (Å²) in [7, 11) is 3.43. The molecule has 2 atom stereocenters. The van der Waals surface area contributed by atoms with Gasteiger partial charge in [0.05, 0.1) is 32.5 Å². The van der Waals surface area contributed by atoms with Crippen LogP contribution in [0.4, 0.5) is 0 Å². The molecule has 2 aliphatic rings. The number of hydrogen-bond donors (Lipinski definition) is 2. The fourth-order valence-electron chi connectivity index (χ4n) is 2.92. The van der Waals surface area contributed by atoms with Gasteiger partial charge in [-0.2, -0.15) is 5.10 Å². The van der Waals surface area contributed by atoms with Crippen LogP contribution in [0.3, 0.4) is 0 Å². The highest BCUT2D eigenvalue weighted by Crippen LogP contribution is 2.13. The summed E-state index contributed by atoms with van der Waals surface area (Å²) in [6, 6.07) is 0.268. The summed E-state index contributed by atoms with van der Waals surface area (Å²) in [5.74, 6) is 2.54. The van der Waals surface area contributed by atoms with E-state index >= 15 is 0 Å². The first-order valence-corrected chi connectivity index (χ1v) is 8.36. The van der Waals surface area contributed by atoms with Gasteiger partial charge in [-0.05, 0) is 6.42 Å². The Kier molecular flexibility index (Phi) is 8.33. The van der Waals surface area contributed by atoms with Crippen molar-refractivity contribution < 1.29 is 14.2 Å². The monoisotopic (exact) mass is 466 g/mol. The Balaban J connectivity index is 0.00000225. The zero-order valence-electron chi connectivity index (χ0n) is 14.7. The van der Waals surface area contributed by atoms with Gasteiger partial charge < -0.3 is 24.8 Å². The summed E-state index contributed by atoms with van der Waals surface area (Å²) in [6.07, 6.45) is 1.96. The maximum atomic E-state index is 5.63. The first-order valence-electron chi connectivity index (χ1n) is 8.36. The van der Waals surface area contributed by atoms with Crippen LogP contribution >= 0.6 is 24.0 Å².